The van der Waals surface area contributed by atoms with Crippen LogP contribution in [0.3, 0.4) is 0 Å². The Hall–Kier alpha value is -0.610. The molecule has 0 unspecified atom stereocenters. The van der Waals surface area contributed by atoms with E-state index in [4.69, 9.17) is 0 Å². The molecule has 3 heterocycles. The predicted octanol–water partition coefficient (Wildman–Crippen LogP) is 2.93. The lowest BCUT2D eigenvalue weighted by Crippen LogP contribution is -2.65. The molecular weight excluding hydrogens is 322 g/mol. The van der Waals surface area contributed by atoms with Gasteiger partial charge in [0.1, 0.15) is 0 Å². The van der Waals surface area contributed by atoms with Crippen molar-refractivity contribution in [2.75, 3.05) is 39.3 Å². The van der Waals surface area contributed by atoms with Crippen LogP contribution in [0.4, 0.5) is 0 Å². The lowest BCUT2D eigenvalue weighted by molar-refractivity contribution is -0.152. The molecule has 0 N–H and O–H groups in total. The first-order chi connectivity index (χ1) is 12.4. The summed E-state index contributed by atoms with van der Waals surface area (Å²) in [4.78, 5) is 19.8. The van der Waals surface area contributed by atoms with Crippen LogP contribution in [0.15, 0.2) is 0 Å². The second kappa shape index (κ2) is 7.43. The molecular formula is C22H39N3O. The van der Waals surface area contributed by atoms with Crippen molar-refractivity contribution < 1.29 is 4.79 Å². The Balaban J connectivity index is 1.13. The van der Waals surface area contributed by atoms with Crippen LogP contribution in [0, 0.1) is 29.6 Å². The van der Waals surface area contributed by atoms with Crippen LogP contribution < -0.4 is 0 Å². The molecule has 4 nitrogen and oxygen atoms in total. The highest BCUT2D eigenvalue weighted by atomic mass is 16.2. The molecule has 4 fully saturated rings. The van der Waals surface area contributed by atoms with Crippen molar-refractivity contribution >= 4 is 5.91 Å². The van der Waals surface area contributed by atoms with Crippen LogP contribution in [0.2, 0.25) is 0 Å². The number of carbonyl (C=O) groups is 1. The van der Waals surface area contributed by atoms with Gasteiger partial charge in [-0.3, -0.25) is 14.6 Å². The summed E-state index contributed by atoms with van der Waals surface area (Å²) >= 11 is 0. The molecule has 3 aliphatic heterocycles. The number of nitrogens with zero attached hydrogens (tertiary/aromatic N) is 3. The zero-order valence-electron chi connectivity index (χ0n) is 17.4. The Morgan fingerprint density at radius 3 is 1.92 bits per heavy atom. The summed E-state index contributed by atoms with van der Waals surface area (Å²) in [5.41, 5.74) is 0. The van der Waals surface area contributed by atoms with Crippen LogP contribution in [0.1, 0.15) is 53.4 Å². The van der Waals surface area contributed by atoms with Gasteiger partial charge in [-0.2, -0.15) is 0 Å². The third-order valence-corrected chi connectivity index (χ3v) is 8.02. The third kappa shape index (κ3) is 3.56. The highest BCUT2D eigenvalue weighted by Crippen LogP contribution is 2.38. The van der Waals surface area contributed by atoms with E-state index in [1.807, 2.05) is 0 Å². The Labute approximate surface area is 160 Å². The van der Waals surface area contributed by atoms with E-state index in [0.717, 1.165) is 55.9 Å². The van der Waals surface area contributed by atoms with Gasteiger partial charge in [-0.05, 0) is 63.2 Å². The summed E-state index contributed by atoms with van der Waals surface area (Å²) < 4.78 is 0. The average molecular weight is 362 g/mol. The molecule has 4 rings (SSSR count). The number of hydrogen-bond donors (Lipinski definition) is 0. The minimum absolute atomic E-state index is 0.285. The van der Waals surface area contributed by atoms with Gasteiger partial charge in [0.15, 0.2) is 0 Å². The topological polar surface area (TPSA) is 26.8 Å². The van der Waals surface area contributed by atoms with Gasteiger partial charge in [0.05, 0.1) is 5.92 Å². The van der Waals surface area contributed by atoms with Gasteiger partial charge in [-0.25, -0.2) is 0 Å². The maximum atomic E-state index is 12.5. The van der Waals surface area contributed by atoms with Gasteiger partial charge >= 0.3 is 0 Å². The minimum Gasteiger partial charge on any atom is -0.342 e. The van der Waals surface area contributed by atoms with Gasteiger partial charge in [-0.15, -0.1) is 0 Å². The van der Waals surface area contributed by atoms with Crippen molar-refractivity contribution in [3.05, 3.63) is 0 Å². The first-order valence-electron chi connectivity index (χ1n) is 11.2. The molecule has 0 aromatic heterocycles. The molecule has 0 aromatic rings. The lowest BCUT2D eigenvalue weighted by Gasteiger charge is -2.55. The van der Waals surface area contributed by atoms with E-state index in [1.54, 1.807) is 0 Å². The maximum Gasteiger partial charge on any atom is 0.228 e. The summed E-state index contributed by atoms with van der Waals surface area (Å²) in [6.45, 7) is 15.8. The molecule has 3 saturated heterocycles. The third-order valence-electron chi connectivity index (χ3n) is 8.02. The molecule has 26 heavy (non-hydrogen) atoms. The fourth-order valence-electron chi connectivity index (χ4n) is 5.62. The van der Waals surface area contributed by atoms with Gasteiger partial charge in [-0.1, -0.05) is 13.8 Å². The Bertz CT molecular complexity index is 494. The Kier molecular flexibility index (Phi) is 5.35. The largest absolute Gasteiger partial charge is 0.342 e. The number of likely N-dealkylation sites (tertiary alicyclic amines) is 3. The Morgan fingerprint density at radius 2 is 1.38 bits per heavy atom. The first-order valence-corrected chi connectivity index (χ1v) is 11.2. The molecule has 1 aliphatic carbocycles. The molecule has 1 amide bonds. The molecule has 1 saturated carbocycles. The minimum atomic E-state index is 0.285. The van der Waals surface area contributed by atoms with Crippen LogP contribution in [-0.4, -0.2) is 72.0 Å². The first kappa shape index (κ1) is 18.7. The summed E-state index contributed by atoms with van der Waals surface area (Å²) in [5.74, 6) is 4.18. The smallest absolute Gasteiger partial charge is 0.228 e. The number of rotatable bonds is 5. The van der Waals surface area contributed by atoms with E-state index in [-0.39, 0.29) is 5.92 Å². The summed E-state index contributed by atoms with van der Waals surface area (Å²) in [5, 5.41) is 0. The molecule has 0 aromatic carbocycles. The molecule has 4 aliphatic rings. The van der Waals surface area contributed by atoms with Crippen molar-refractivity contribution in [3.63, 3.8) is 0 Å². The quantitative estimate of drug-likeness (QED) is 0.753. The fraction of sp³-hybridized carbons (Fsp3) is 0.955. The molecule has 4 heteroatoms. The molecule has 0 spiro atoms. The molecule has 0 atom stereocenters. The van der Waals surface area contributed by atoms with Crippen molar-refractivity contribution in [1.82, 2.24) is 14.7 Å². The lowest BCUT2D eigenvalue weighted by atomic mass is 9.75. The second-order valence-corrected chi connectivity index (χ2v) is 10.3. The summed E-state index contributed by atoms with van der Waals surface area (Å²) in [6.07, 6.45) is 5.70. The van der Waals surface area contributed by atoms with Crippen molar-refractivity contribution in [2.45, 2.75) is 65.5 Å². The number of amides is 1. The summed E-state index contributed by atoms with van der Waals surface area (Å²) in [6, 6.07) is 1.44. The van der Waals surface area contributed by atoms with Crippen LogP contribution >= 0.6 is 0 Å². The maximum absolute atomic E-state index is 12.5. The molecule has 0 radical (unpaired) electrons. The number of hydrogen-bond acceptors (Lipinski definition) is 3. The van der Waals surface area contributed by atoms with E-state index in [9.17, 15) is 4.79 Å². The van der Waals surface area contributed by atoms with Crippen LogP contribution in [0.25, 0.3) is 0 Å². The van der Waals surface area contributed by atoms with E-state index >= 15 is 0 Å². The van der Waals surface area contributed by atoms with Gasteiger partial charge in [0.2, 0.25) is 5.91 Å². The molecule has 148 valence electrons. The molecule has 0 bridgehead atoms. The second-order valence-electron chi connectivity index (χ2n) is 10.3. The van der Waals surface area contributed by atoms with E-state index in [0.29, 0.717) is 11.9 Å². The predicted molar refractivity (Wildman–Crippen MR) is 106 cm³/mol. The normalized spacial score (nSPS) is 32.6. The van der Waals surface area contributed by atoms with E-state index in [2.05, 4.69) is 42.4 Å². The SMILES string of the molecule is CC(C)C1CCC(N2CC(C3CN(C(=O)C4CN(C(C)C)C4)C3)C2)CC1. The Morgan fingerprint density at radius 1 is 0.808 bits per heavy atom. The zero-order chi connectivity index (χ0) is 18.4. The van der Waals surface area contributed by atoms with Gasteiger partial charge in [0.25, 0.3) is 0 Å². The van der Waals surface area contributed by atoms with Crippen LogP contribution in [-0.2, 0) is 4.79 Å². The highest BCUT2D eigenvalue weighted by molar-refractivity contribution is 5.81. The van der Waals surface area contributed by atoms with Gasteiger partial charge in [0, 0.05) is 51.4 Å². The van der Waals surface area contributed by atoms with Crippen LogP contribution in [0.5, 0.6) is 0 Å². The highest BCUT2D eigenvalue weighted by Gasteiger charge is 2.46. The van der Waals surface area contributed by atoms with E-state index in [1.165, 1.54) is 38.8 Å². The summed E-state index contributed by atoms with van der Waals surface area (Å²) in [7, 11) is 0. The van der Waals surface area contributed by atoms with Crippen molar-refractivity contribution in [1.29, 1.82) is 0 Å². The average Bonchev–Trinajstić information content (AvgIpc) is 2.46. The fourth-order valence-corrected chi connectivity index (χ4v) is 5.62. The van der Waals surface area contributed by atoms with Gasteiger partial charge < -0.3 is 4.90 Å². The van der Waals surface area contributed by atoms with Crippen molar-refractivity contribution in [2.24, 2.45) is 29.6 Å². The van der Waals surface area contributed by atoms with E-state index < -0.39 is 0 Å². The monoisotopic (exact) mass is 361 g/mol. The number of carbonyl (C=O) groups excluding carboxylic acids is 1. The van der Waals surface area contributed by atoms with Crippen molar-refractivity contribution in [3.8, 4) is 0 Å². The standard InChI is InChI=1S/C22H39N3O/c1-15(2)17-5-7-21(8-6-17)24-9-18(10-24)19-11-25(12-19)22(26)20-13-23(14-20)16(3)4/h15-21H,5-14H2,1-4H3. The zero-order valence-corrected chi connectivity index (χ0v) is 17.4.